The molecule has 0 radical (unpaired) electrons. The quantitative estimate of drug-likeness (QED) is 0.583. The largest absolute Gasteiger partial charge is 0.397 e. The summed E-state index contributed by atoms with van der Waals surface area (Å²) in [5.74, 6) is -0.914. The fourth-order valence-corrected chi connectivity index (χ4v) is 1.27. The Morgan fingerprint density at radius 3 is 2.56 bits per heavy atom. The van der Waals surface area contributed by atoms with Crippen molar-refractivity contribution in [1.82, 2.24) is 4.98 Å². The van der Waals surface area contributed by atoms with Gasteiger partial charge in [0.05, 0.1) is 24.0 Å². The number of hydrogen-bond donors (Lipinski definition) is 3. The summed E-state index contributed by atoms with van der Waals surface area (Å²) < 4.78 is 0. The van der Waals surface area contributed by atoms with Gasteiger partial charge in [-0.3, -0.25) is 9.59 Å². The van der Waals surface area contributed by atoms with Crippen molar-refractivity contribution in [3.05, 3.63) is 17.8 Å². The third kappa shape index (κ3) is 2.59. The first-order valence-electron chi connectivity index (χ1n) is 4.46. The number of rotatable bonds is 4. The number of hydrogen-bond acceptors (Lipinski definition) is 5. The van der Waals surface area contributed by atoms with E-state index in [9.17, 15) is 9.59 Å². The zero-order chi connectivity index (χ0) is 12.3. The molecule has 7 heteroatoms. The summed E-state index contributed by atoms with van der Waals surface area (Å²) in [6.45, 7) is -0.0583. The summed E-state index contributed by atoms with van der Waals surface area (Å²) in [5.41, 5.74) is 16.2. The zero-order valence-electron chi connectivity index (χ0n) is 8.80. The van der Waals surface area contributed by atoms with E-state index in [1.807, 2.05) is 0 Å². The van der Waals surface area contributed by atoms with Crippen LogP contribution < -0.4 is 22.1 Å². The summed E-state index contributed by atoms with van der Waals surface area (Å²) >= 11 is 0. The van der Waals surface area contributed by atoms with Gasteiger partial charge in [0, 0.05) is 7.05 Å². The highest BCUT2D eigenvalue weighted by molar-refractivity contribution is 5.99. The number of likely N-dealkylation sites (N-methyl/N-ethyl adjacent to an activating group) is 1. The average Bonchev–Trinajstić information content (AvgIpc) is 2.16. The summed E-state index contributed by atoms with van der Waals surface area (Å²) in [4.78, 5) is 27.3. The summed E-state index contributed by atoms with van der Waals surface area (Å²) in [7, 11) is 1.58. The molecule has 0 atom stereocenters. The lowest BCUT2D eigenvalue weighted by Gasteiger charge is -2.18. The predicted molar refractivity (Wildman–Crippen MR) is 59.6 cm³/mol. The molecule has 0 fully saturated rings. The minimum absolute atomic E-state index is 0.0583. The maximum Gasteiger partial charge on any atom is 0.252 e. The first kappa shape index (κ1) is 11.8. The molecule has 16 heavy (non-hydrogen) atoms. The molecular formula is C9H13N5O2. The van der Waals surface area contributed by atoms with Crippen LogP contribution in [0.1, 0.15) is 10.4 Å². The number of amides is 2. The van der Waals surface area contributed by atoms with Crippen LogP contribution in [0.2, 0.25) is 0 Å². The first-order valence-corrected chi connectivity index (χ1v) is 4.46. The Bertz CT molecular complexity index is 432. The Hall–Kier alpha value is -2.31. The van der Waals surface area contributed by atoms with E-state index in [2.05, 4.69) is 4.98 Å². The van der Waals surface area contributed by atoms with Crippen molar-refractivity contribution in [3.8, 4) is 0 Å². The van der Waals surface area contributed by atoms with Crippen molar-refractivity contribution in [3.63, 3.8) is 0 Å². The van der Waals surface area contributed by atoms with Crippen LogP contribution in [-0.4, -0.2) is 30.4 Å². The van der Waals surface area contributed by atoms with Gasteiger partial charge < -0.3 is 22.1 Å². The van der Waals surface area contributed by atoms with Gasteiger partial charge in [0.15, 0.2) is 0 Å². The number of primary amides is 2. The molecule has 1 aromatic rings. The summed E-state index contributed by atoms with van der Waals surface area (Å²) in [6.07, 6.45) is 1.37. The molecule has 86 valence electrons. The maximum atomic E-state index is 11.1. The van der Waals surface area contributed by atoms with E-state index < -0.39 is 11.8 Å². The van der Waals surface area contributed by atoms with Gasteiger partial charge >= 0.3 is 0 Å². The molecule has 0 saturated carbocycles. The SMILES string of the molecule is CN(CC(N)=O)c1ncc(N)cc1C(N)=O. The smallest absolute Gasteiger partial charge is 0.252 e. The molecule has 0 aliphatic rings. The molecule has 1 aromatic heterocycles. The molecule has 7 nitrogen and oxygen atoms in total. The van der Waals surface area contributed by atoms with E-state index >= 15 is 0 Å². The van der Waals surface area contributed by atoms with Crippen LogP contribution in [0.3, 0.4) is 0 Å². The molecule has 2 amide bonds. The standard InChI is InChI=1S/C9H13N5O2/c1-14(4-7(11)15)9-6(8(12)16)2-5(10)3-13-9/h2-3H,4,10H2,1H3,(H2,11,15)(H2,12,16). The van der Waals surface area contributed by atoms with Crippen LogP contribution >= 0.6 is 0 Å². The highest BCUT2D eigenvalue weighted by atomic mass is 16.1. The van der Waals surface area contributed by atoms with E-state index in [1.54, 1.807) is 7.05 Å². The Balaban J connectivity index is 3.12. The molecule has 0 bridgehead atoms. The van der Waals surface area contributed by atoms with Gasteiger partial charge in [-0.15, -0.1) is 0 Å². The second kappa shape index (κ2) is 4.47. The highest BCUT2D eigenvalue weighted by Crippen LogP contribution is 2.17. The fraction of sp³-hybridized carbons (Fsp3) is 0.222. The minimum atomic E-state index is -0.661. The number of carbonyl (C=O) groups excluding carboxylic acids is 2. The Morgan fingerprint density at radius 2 is 2.06 bits per heavy atom. The van der Waals surface area contributed by atoms with Gasteiger partial charge in [-0.1, -0.05) is 0 Å². The highest BCUT2D eigenvalue weighted by Gasteiger charge is 2.15. The summed E-state index contributed by atoms with van der Waals surface area (Å²) in [5, 5.41) is 0. The second-order valence-corrected chi connectivity index (χ2v) is 3.33. The van der Waals surface area contributed by atoms with Crippen LogP contribution in [-0.2, 0) is 4.79 Å². The van der Waals surface area contributed by atoms with Crippen LogP contribution in [0.25, 0.3) is 0 Å². The number of anilines is 2. The summed E-state index contributed by atoms with van der Waals surface area (Å²) in [6, 6.07) is 1.40. The number of nitrogens with zero attached hydrogens (tertiary/aromatic N) is 2. The number of pyridine rings is 1. The number of nitrogens with two attached hydrogens (primary N) is 3. The second-order valence-electron chi connectivity index (χ2n) is 3.33. The van der Waals surface area contributed by atoms with Gasteiger partial charge in [-0.25, -0.2) is 4.98 Å². The van der Waals surface area contributed by atoms with Gasteiger partial charge in [0.2, 0.25) is 5.91 Å². The fourth-order valence-electron chi connectivity index (χ4n) is 1.27. The third-order valence-electron chi connectivity index (χ3n) is 1.91. The van der Waals surface area contributed by atoms with Crippen molar-refractivity contribution in [2.45, 2.75) is 0 Å². The van der Waals surface area contributed by atoms with Crippen LogP contribution in [0.15, 0.2) is 12.3 Å². The molecule has 6 N–H and O–H groups in total. The zero-order valence-corrected chi connectivity index (χ0v) is 8.80. The minimum Gasteiger partial charge on any atom is -0.397 e. The topological polar surface area (TPSA) is 128 Å². The van der Waals surface area contributed by atoms with E-state index in [4.69, 9.17) is 17.2 Å². The average molecular weight is 223 g/mol. The van der Waals surface area contributed by atoms with Crippen molar-refractivity contribution in [2.75, 3.05) is 24.2 Å². The maximum absolute atomic E-state index is 11.1. The lowest BCUT2D eigenvalue weighted by molar-refractivity contribution is -0.116. The third-order valence-corrected chi connectivity index (χ3v) is 1.91. The van der Waals surface area contributed by atoms with E-state index in [0.717, 1.165) is 0 Å². The predicted octanol–water partition coefficient (Wildman–Crippen LogP) is -1.32. The van der Waals surface area contributed by atoms with Crippen molar-refractivity contribution >= 4 is 23.3 Å². The molecule has 0 aliphatic heterocycles. The van der Waals surface area contributed by atoms with Gasteiger partial charge in [0.1, 0.15) is 5.82 Å². The van der Waals surface area contributed by atoms with Crippen LogP contribution in [0.5, 0.6) is 0 Å². The molecular weight excluding hydrogens is 210 g/mol. The first-order chi connectivity index (χ1) is 7.41. The Morgan fingerprint density at radius 1 is 1.44 bits per heavy atom. The Kier molecular flexibility index (Phi) is 3.29. The normalized spacial score (nSPS) is 9.81. The van der Waals surface area contributed by atoms with Crippen molar-refractivity contribution in [1.29, 1.82) is 0 Å². The molecule has 0 aromatic carbocycles. The monoisotopic (exact) mass is 223 g/mol. The van der Waals surface area contributed by atoms with Gasteiger partial charge in [0.25, 0.3) is 5.91 Å². The van der Waals surface area contributed by atoms with Crippen molar-refractivity contribution < 1.29 is 9.59 Å². The number of aromatic nitrogens is 1. The van der Waals surface area contributed by atoms with E-state index in [1.165, 1.54) is 17.2 Å². The molecule has 0 spiro atoms. The number of carbonyl (C=O) groups is 2. The van der Waals surface area contributed by atoms with Crippen molar-refractivity contribution in [2.24, 2.45) is 11.5 Å². The molecule has 1 rings (SSSR count). The van der Waals surface area contributed by atoms with Gasteiger partial charge in [-0.05, 0) is 6.07 Å². The molecule has 1 heterocycles. The van der Waals surface area contributed by atoms with Crippen LogP contribution in [0, 0.1) is 0 Å². The lowest BCUT2D eigenvalue weighted by Crippen LogP contribution is -2.32. The number of nitrogen functional groups attached to an aromatic ring is 1. The lowest BCUT2D eigenvalue weighted by atomic mass is 10.2. The molecule has 0 saturated heterocycles. The van der Waals surface area contributed by atoms with E-state index in [-0.39, 0.29) is 17.9 Å². The molecule has 0 unspecified atom stereocenters. The Labute approximate surface area is 92.2 Å². The van der Waals surface area contributed by atoms with Gasteiger partial charge in [-0.2, -0.15) is 0 Å². The van der Waals surface area contributed by atoms with Crippen LogP contribution in [0.4, 0.5) is 11.5 Å². The van der Waals surface area contributed by atoms with E-state index in [0.29, 0.717) is 5.69 Å². The molecule has 0 aliphatic carbocycles.